The largest absolute Gasteiger partial charge is 0.271 e. The van der Waals surface area contributed by atoms with E-state index in [9.17, 15) is 0 Å². The summed E-state index contributed by atoms with van der Waals surface area (Å²) in [6.45, 7) is 2.14. The average Bonchev–Trinajstić information content (AvgIpc) is 3.03. The van der Waals surface area contributed by atoms with E-state index in [2.05, 4.69) is 36.6 Å². The summed E-state index contributed by atoms with van der Waals surface area (Å²) in [5.41, 5.74) is 5.78. The number of fused-ring (bicyclic) bond motifs is 2. The monoisotopic (exact) mass is 258 g/mol. The molecule has 0 heterocycles. The van der Waals surface area contributed by atoms with E-state index in [-0.39, 0.29) is 0 Å². The molecule has 104 valence electrons. The highest BCUT2D eigenvalue weighted by molar-refractivity contribution is 5.22. The van der Waals surface area contributed by atoms with Crippen LogP contribution in [0.3, 0.4) is 0 Å². The van der Waals surface area contributed by atoms with Crippen molar-refractivity contribution < 1.29 is 0 Å². The van der Waals surface area contributed by atoms with Gasteiger partial charge in [-0.2, -0.15) is 0 Å². The van der Waals surface area contributed by atoms with Crippen molar-refractivity contribution in [1.82, 2.24) is 5.43 Å². The highest BCUT2D eigenvalue weighted by atomic mass is 15.2. The van der Waals surface area contributed by atoms with Crippen LogP contribution in [0.4, 0.5) is 0 Å². The Kier molecular flexibility index (Phi) is 3.90. The summed E-state index contributed by atoms with van der Waals surface area (Å²) in [5.74, 6) is 8.73. The molecule has 2 aliphatic carbocycles. The number of hydrogen-bond donors (Lipinski definition) is 2. The first kappa shape index (κ1) is 13.1. The summed E-state index contributed by atoms with van der Waals surface area (Å²) >= 11 is 0. The third kappa shape index (κ3) is 3.01. The van der Waals surface area contributed by atoms with Crippen molar-refractivity contribution in [3.8, 4) is 0 Å². The maximum atomic E-state index is 5.78. The molecular formula is C17H26N2. The van der Waals surface area contributed by atoms with Gasteiger partial charge in [-0.15, -0.1) is 0 Å². The van der Waals surface area contributed by atoms with Crippen molar-refractivity contribution in [3.05, 3.63) is 35.4 Å². The number of hydrazine groups is 1. The Morgan fingerprint density at radius 3 is 2.58 bits per heavy atom. The van der Waals surface area contributed by atoms with Crippen LogP contribution in [0.15, 0.2) is 24.3 Å². The van der Waals surface area contributed by atoms with Crippen LogP contribution in [-0.4, -0.2) is 6.04 Å². The minimum atomic E-state index is 0.437. The van der Waals surface area contributed by atoms with Crippen LogP contribution < -0.4 is 11.3 Å². The fourth-order valence-corrected chi connectivity index (χ4v) is 4.25. The van der Waals surface area contributed by atoms with E-state index in [0.717, 1.165) is 24.2 Å². The molecule has 0 spiro atoms. The van der Waals surface area contributed by atoms with Crippen molar-refractivity contribution in [2.24, 2.45) is 23.6 Å². The maximum absolute atomic E-state index is 5.78. The molecule has 0 saturated heterocycles. The van der Waals surface area contributed by atoms with Crippen LogP contribution in [0.5, 0.6) is 0 Å². The summed E-state index contributed by atoms with van der Waals surface area (Å²) in [5, 5.41) is 0. The Morgan fingerprint density at radius 1 is 1.21 bits per heavy atom. The Hall–Kier alpha value is -0.860. The van der Waals surface area contributed by atoms with E-state index in [0.29, 0.717) is 6.04 Å². The number of nitrogens with one attached hydrogen (secondary N) is 1. The molecular weight excluding hydrogens is 232 g/mol. The third-order valence-electron chi connectivity index (χ3n) is 5.31. The minimum absolute atomic E-state index is 0.437. The zero-order chi connectivity index (χ0) is 13.2. The Morgan fingerprint density at radius 2 is 2.00 bits per heavy atom. The molecule has 19 heavy (non-hydrogen) atoms. The van der Waals surface area contributed by atoms with Crippen LogP contribution in [-0.2, 0) is 6.42 Å². The molecule has 1 aromatic carbocycles. The van der Waals surface area contributed by atoms with Crippen LogP contribution in [0.1, 0.15) is 43.2 Å². The van der Waals surface area contributed by atoms with Crippen LogP contribution in [0.2, 0.25) is 0 Å². The summed E-state index contributed by atoms with van der Waals surface area (Å²) in [6.07, 6.45) is 8.22. The molecule has 0 aromatic heterocycles. The van der Waals surface area contributed by atoms with Gasteiger partial charge in [0.05, 0.1) is 0 Å². The topological polar surface area (TPSA) is 38.0 Å². The quantitative estimate of drug-likeness (QED) is 0.629. The predicted molar refractivity (Wildman–Crippen MR) is 79.5 cm³/mol. The first-order chi connectivity index (χ1) is 9.24. The first-order valence-corrected chi connectivity index (χ1v) is 7.76. The second-order valence-electron chi connectivity index (χ2n) is 6.72. The molecule has 4 unspecified atom stereocenters. The minimum Gasteiger partial charge on any atom is -0.271 e. The number of rotatable bonds is 5. The lowest BCUT2D eigenvalue weighted by Crippen LogP contribution is -2.39. The third-order valence-corrected chi connectivity index (χ3v) is 5.31. The lowest BCUT2D eigenvalue weighted by Gasteiger charge is -2.26. The molecule has 0 radical (unpaired) electrons. The van der Waals surface area contributed by atoms with Gasteiger partial charge in [0.1, 0.15) is 0 Å². The van der Waals surface area contributed by atoms with E-state index < -0.39 is 0 Å². The van der Waals surface area contributed by atoms with Crippen molar-refractivity contribution in [1.29, 1.82) is 0 Å². The molecule has 2 saturated carbocycles. The summed E-state index contributed by atoms with van der Waals surface area (Å²) < 4.78 is 0. The highest BCUT2D eigenvalue weighted by Crippen LogP contribution is 2.49. The van der Waals surface area contributed by atoms with Crippen LogP contribution in [0.25, 0.3) is 0 Å². The van der Waals surface area contributed by atoms with Crippen LogP contribution >= 0.6 is 0 Å². The summed E-state index contributed by atoms with van der Waals surface area (Å²) in [6, 6.07) is 9.30. The maximum Gasteiger partial charge on any atom is 0.0253 e. The van der Waals surface area contributed by atoms with Gasteiger partial charge in [-0.05, 0) is 62.3 Å². The second kappa shape index (κ2) is 5.64. The van der Waals surface area contributed by atoms with Crippen molar-refractivity contribution in [2.45, 2.75) is 51.5 Å². The molecule has 0 amide bonds. The zero-order valence-corrected chi connectivity index (χ0v) is 11.9. The summed E-state index contributed by atoms with van der Waals surface area (Å²) in [7, 11) is 0. The van der Waals surface area contributed by atoms with Gasteiger partial charge in [0.2, 0.25) is 0 Å². The zero-order valence-electron chi connectivity index (χ0n) is 11.9. The lowest BCUT2D eigenvalue weighted by atomic mass is 9.83. The van der Waals surface area contributed by atoms with Crippen molar-refractivity contribution >= 4 is 0 Å². The molecule has 2 fully saturated rings. The number of benzene rings is 1. The number of nitrogens with two attached hydrogens (primary N) is 1. The van der Waals surface area contributed by atoms with E-state index in [1.807, 2.05) is 0 Å². The van der Waals surface area contributed by atoms with Crippen LogP contribution in [0, 0.1) is 24.7 Å². The van der Waals surface area contributed by atoms with Crippen molar-refractivity contribution in [2.75, 3.05) is 0 Å². The van der Waals surface area contributed by atoms with E-state index in [1.54, 1.807) is 0 Å². The average molecular weight is 258 g/mol. The highest BCUT2D eigenvalue weighted by Gasteiger charge is 2.39. The smallest absolute Gasteiger partial charge is 0.0253 e. The fourth-order valence-electron chi connectivity index (χ4n) is 4.25. The normalized spacial score (nSPS) is 30.7. The van der Waals surface area contributed by atoms with Gasteiger partial charge >= 0.3 is 0 Å². The van der Waals surface area contributed by atoms with E-state index in [1.165, 1.54) is 43.2 Å². The van der Waals surface area contributed by atoms with Gasteiger partial charge in [0, 0.05) is 6.04 Å². The van der Waals surface area contributed by atoms with E-state index >= 15 is 0 Å². The van der Waals surface area contributed by atoms with Gasteiger partial charge in [0.25, 0.3) is 0 Å². The number of aryl methyl sites for hydroxylation is 1. The van der Waals surface area contributed by atoms with Crippen molar-refractivity contribution in [3.63, 3.8) is 0 Å². The molecule has 1 aromatic rings. The first-order valence-electron chi connectivity index (χ1n) is 7.76. The van der Waals surface area contributed by atoms with Gasteiger partial charge < -0.3 is 0 Å². The molecule has 3 N–H and O–H groups in total. The molecule has 0 aliphatic heterocycles. The Bertz CT molecular complexity index is 412. The lowest BCUT2D eigenvalue weighted by molar-refractivity contribution is 0.277. The predicted octanol–water partition coefficient (Wildman–Crippen LogP) is 3.20. The molecule has 2 bridgehead atoms. The molecule has 3 rings (SSSR count). The molecule has 4 atom stereocenters. The SMILES string of the molecule is Cc1ccc(CC(CC2CC3CCC2C3)NN)cc1. The number of hydrogen-bond acceptors (Lipinski definition) is 2. The fraction of sp³-hybridized carbons (Fsp3) is 0.647. The second-order valence-corrected chi connectivity index (χ2v) is 6.72. The molecule has 2 nitrogen and oxygen atoms in total. The molecule has 2 aliphatic rings. The standard InChI is InChI=1S/C17H26N2/c1-12-2-4-13(5-3-12)10-17(19-18)11-16-9-14-6-7-15(16)8-14/h2-5,14-17,19H,6-11,18H2,1H3. The van der Waals surface area contributed by atoms with Gasteiger partial charge in [-0.1, -0.05) is 36.2 Å². The summed E-state index contributed by atoms with van der Waals surface area (Å²) in [4.78, 5) is 0. The molecule has 2 heteroatoms. The van der Waals surface area contributed by atoms with Gasteiger partial charge in [0.15, 0.2) is 0 Å². The Labute approximate surface area is 116 Å². The van der Waals surface area contributed by atoms with Gasteiger partial charge in [-0.3, -0.25) is 11.3 Å². The van der Waals surface area contributed by atoms with E-state index in [4.69, 9.17) is 5.84 Å². The Balaban J connectivity index is 1.57. The van der Waals surface area contributed by atoms with Gasteiger partial charge in [-0.25, -0.2) is 0 Å².